The average Bonchev–Trinajstić information content (AvgIpc) is 3.42. The highest BCUT2D eigenvalue weighted by Crippen LogP contribution is 2.43. The number of carbonyl (C=O) groups is 1. The van der Waals surface area contributed by atoms with Crippen molar-refractivity contribution in [2.75, 3.05) is 34.5 Å². The maximum atomic E-state index is 14.0. The number of aliphatic imine (C=N–C) groups is 1. The molecule has 3 aromatic rings. The second kappa shape index (κ2) is 14.4. The quantitative estimate of drug-likeness (QED) is 0.141. The van der Waals surface area contributed by atoms with E-state index in [0.717, 1.165) is 11.1 Å². The van der Waals surface area contributed by atoms with Crippen LogP contribution in [0.3, 0.4) is 0 Å². The Bertz CT molecular complexity index is 1390. The molecule has 10 nitrogen and oxygen atoms in total. The minimum atomic E-state index is -1.37. The van der Waals surface area contributed by atoms with Crippen molar-refractivity contribution in [1.29, 1.82) is 0 Å². The summed E-state index contributed by atoms with van der Waals surface area (Å²) in [4.78, 5) is 18.9. The van der Waals surface area contributed by atoms with Crippen LogP contribution in [0.4, 0.5) is 0 Å². The second-order valence-electron chi connectivity index (χ2n) is 9.52. The van der Waals surface area contributed by atoms with Crippen LogP contribution in [0.25, 0.3) is 0 Å². The number of para-hydroxylation sites is 1. The highest BCUT2D eigenvalue weighted by molar-refractivity contribution is 6.01. The molecule has 0 spiro atoms. The van der Waals surface area contributed by atoms with Crippen LogP contribution < -0.4 is 29.8 Å². The van der Waals surface area contributed by atoms with Gasteiger partial charge in [-0.2, -0.15) is 0 Å². The van der Waals surface area contributed by atoms with Gasteiger partial charge in [-0.15, -0.1) is 6.58 Å². The van der Waals surface area contributed by atoms with Crippen LogP contribution in [-0.2, 0) is 16.1 Å². The molecule has 1 aliphatic rings. The fourth-order valence-corrected chi connectivity index (χ4v) is 4.76. The minimum Gasteiger partial charge on any atom is -0.497 e. The first-order chi connectivity index (χ1) is 20.5. The van der Waals surface area contributed by atoms with E-state index in [4.69, 9.17) is 33.8 Å². The number of aliphatic hydroxyl groups is 1. The maximum absolute atomic E-state index is 14.0. The molecule has 222 valence electrons. The van der Waals surface area contributed by atoms with Crippen molar-refractivity contribution in [3.63, 3.8) is 0 Å². The van der Waals surface area contributed by atoms with E-state index in [1.54, 1.807) is 45.6 Å². The predicted octanol–water partition coefficient (Wildman–Crippen LogP) is 4.13. The van der Waals surface area contributed by atoms with Gasteiger partial charge in [-0.25, -0.2) is 10.4 Å². The van der Waals surface area contributed by atoms with Gasteiger partial charge in [-0.1, -0.05) is 30.3 Å². The Balaban J connectivity index is 1.64. The van der Waals surface area contributed by atoms with Gasteiger partial charge < -0.3 is 28.8 Å². The Morgan fingerprint density at radius 3 is 2.52 bits per heavy atom. The van der Waals surface area contributed by atoms with Crippen LogP contribution in [0.5, 0.6) is 23.0 Å². The largest absolute Gasteiger partial charge is 0.497 e. The van der Waals surface area contributed by atoms with Gasteiger partial charge in [0.15, 0.2) is 23.1 Å². The van der Waals surface area contributed by atoms with Crippen LogP contribution in [0.15, 0.2) is 84.4 Å². The number of amides is 1. The summed E-state index contributed by atoms with van der Waals surface area (Å²) in [5.41, 5.74) is 6.69. The average molecular weight is 576 g/mol. The molecule has 0 bridgehead atoms. The fraction of sp³-hybridized carbons (Fsp3) is 0.312. The molecular weight excluding hydrogens is 538 g/mol. The number of aliphatic hydroxyl groups excluding tert-OH is 1. The van der Waals surface area contributed by atoms with Gasteiger partial charge in [0.05, 0.1) is 27.9 Å². The molecule has 1 amide bonds. The lowest BCUT2D eigenvalue weighted by Gasteiger charge is -2.30. The number of ether oxygens (including phenoxy) is 5. The third-order valence-electron chi connectivity index (χ3n) is 6.85. The molecule has 0 aromatic heterocycles. The van der Waals surface area contributed by atoms with Gasteiger partial charge in [-0.3, -0.25) is 10.2 Å². The Kier molecular flexibility index (Phi) is 10.4. The first-order valence-electron chi connectivity index (χ1n) is 13.6. The standard InChI is InChI=1S/C32H37N3O7/c1-5-17-32(31(37)35-33-21-24-10-7-12-27(39-3)28(24)40-4)29(23-9-6-11-26(20-23)38-2)42-30(34-32)22-13-15-25(16-14-22)41-19-8-18-36/h5-7,9-16,20,29,33,36H,1,8,17-19,21H2,2-4H3,(H,35,37)/t29-,32-/m0/s1. The van der Waals surface area contributed by atoms with Crippen molar-refractivity contribution in [3.05, 3.63) is 96.1 Å². The summed E-state index contributed by atoms with van der Waals surface area (Å²) in [6.07, 6.45) is 1.63. The van der Waals surface area contributed by atoms with E-state index < -0.39 is 17.6 Å². The normalized spacial score (nSPS) is 17.5. The van der Waals surface area contributed by atoms with Crippen molar-refractivity contribution < 1.29 is 33.6 Å². The molecule has 0 saturated heterocycles. The molecule has 42 heavy (non-hydrogen) atoms. The fourth-order valence-electron chi connectivity index (χ4n) is 4.76. The molecule has 4 rings (SSSR count). The summed E-state index contributed by atoms with van der Waals surface area (Å²) in [5.74, 6) is 2.37. The Hall–Kier alpha value is -4.54. The first-order valence-corrected chi connectivity index (χ1v) is 13.6. The van der Waals surface area contributed by atoms with E-state index in [1.165, 1.54) is 0 Å². The number of benzene rings is 3. The predicted molar refractivity (Wildman–Crippen MR) is 159 cm³/mol. The van der Waals surface area contributed by atoms with Crippen LogP contribution in [0.1, 0.15) is 35.6 Å². The van der Waals surface area contributed by atoms with Crippen molar-refractivity contribution in [1.82, 2.24) is 10.9 Å². The van der Waals surface area contributed by atoms with Crippen LogP contribution in [0, 0.1) is 0 Å². The summed E-state index contributed by atoms with van der Waals surface area (Å²) in [5, 5.41) is 9.00. The molecule has 10 heteroatoms. The first kappa shape index (κ1) is 30.4. The van der Waals surface area contributed by atoms with Crippen LogP contribution >= 0.6 is 0 Å². The number of nitrogens with zero attached hydrogens (tertiary/aromatic N) is 1. The Morgan fingerprint density at radius 1 is 1.05 bits per heavy atom. The number of hydrazine groups is 1. The van der Waals surface area contributed by atoms with Gasteiger partial charge in [-0.05, 0) is 48.0 Å². The number of rotatable bonds is 15. The molecule has 3 aromatic carbocycles. The second-order valence-corrected chi connectivity index (χ2v) is 9.52. The van der Waals surface area contributed by atoms with Gasteiger partial charge in [0.25, 0.3) is 5.91 Å². The molecule has 2 atom stereocenters. The smallest absolute Gasteiger partial charge is 0.266 e. The van der Waals surface area contributed by atoms with E-state index in [1.807, 2.05) is 48.5 Å². The molecule has 0 fully saturated rings. The van der Waals surface area contributed by atoms with Crippen LogP contribution in [0.2, 0.25) is 0 Å². The Morgan fingerprint density at radius 2 is 1.83 bits per heavy atom. The summed E-state index contributed by atoms with van der Waals surface area (Å²) in [6.45, 7) is 4.65. The third-order valence-corrected chi connectivity index (χ3v) is 6.85. The van der Waals surface area contributed by atoms with E-state index in [-0.39, 0.29) is 19.6 Å². The molecular formula is C32H37N3O7. The molecule has 0 aliphatic carbocycles. The van der Waals surface area contributed by atoms with Gasteiger partial charge in [0.2, 0.25) is 5.90 Å². The SMILES string of the molecule is C=CC[C@]1(C(=O)NNCc2cccc(OC)c2OC)N=C(c2ccc(OCCCO)cc2)O[C@H]1c1cccc(OC)c1. The molecule has 1 heterocycles. The number of methoxy groups -OCH3 is 3. The van der Waals surface area contributed by atoms with E-state index in [9.17, 15) is 4.79 Å². The lowest BCUT2D eigenvalue weighted by molar-refractivity contribution is -0.129. The summed E-state index contributed by atoms with van der Waals surface area (Å²) >= 11 is 0. The third kappa shape index (κ3) is 6.67. The zero-order valence-corrected chi connectivity index (χ0v) is 24.1. The van der Waals surface area contributed by atoms with Gasteiger partial charge >= 0.3 is 0 Å². The van der Waals surface area contributed by atoms with Crippen LogP contribution in [-0.4, -0.2) is 57.0 Å². The zero-order chi connectivity index (χ0) is 30.0. The lowest BCUT2D eigenvalue weighted by atomic mass is 9.84. The molecule has 0 saturated carbocycles. The summed E-state index contributed by atoms with van der Waals surface area (Å²) in [7, 11) is 4.72. The molecule has 1 aliphatic heterocycles. The summed E-state index contributed by atoms with van der Waals surface area (Å²) in [6, 6.07) is 20.2. The minimum absolute atomic E-state index is 0.0593. The van der Waals surface area contributed by atoms with Crippen molar-refractivity contribution >= 4 is 11.8 Å². The number of nitrogens with one attached hydrogen (secondary N) is 2. The number of carbonyl (C=O) groups excluding carboxylic acids is 1. The Labute approximate surface area is 245 Å². The number of hydrogen-bond donors (Lipinski definition) is 3. The maximum Gasteiger partial charge on any atom is 0.266 e. The zero-order valence-electron chi connectivity index (χ0n) is 24.1. The molecule has 0 radical (unpaired) electrons. The number of hydrogen-bond acceptors (Lipinski definition) is 9. The van der Waals surface area contributed by atoms with Crippen molar-refractivity contribution in [3.8, 4) is 23.0 Å². The van der Waals surface area contributed by atoms with Gasteiger partial charge in [0, 0.05) is 37.1 Å². The van der Waals surface area contributed by atoms with Gasteiger partial charge in [0.1, 0.15) is 11.5 Å². The topological polar surface area (TPSA) is 120 Å². The molecule has 3 N–H and O–H groups in total. The monoisotopic (exact) mass is 575 g/mol. The van der Waals surface area contributed by atoms with Crippen molar-refractivity contribution in [2.45, 2.75) is 31.0 Å². The van der Waals surface area contributed by atoms with E-state index in [0.29, 0.717) is 47.5 Å². The van der Waals surface area contributed by atoms with Crippen molar-refractivity contribution in [2.24, 2.45) is 4.99 Å². The highest BCUT2D eigenvalue weighted by Gasteiger charge is 2.52. The lowest BCUT2D eigenvalue weighted by Crippen LogP contribution is -2.52. The van der Waals surface area contributed by atoms with E-state index >= 15 is 0 Å². The molecule has 0 unspecified atom stereocenters. The van der Waals surface area contributed by atoms with E-state index in [2.05, 4.69) is 17.4 Å². The summed E-state index contributed by atoms with van der Waals surface area (Å²) < 4.78 is 28.4. The highest BCUT2D eigenvalue weighted by atomic mass is 16.5.